The second-order valence-corrected chi connectivity index (χ2v) is 4.06. The molecule has 3 rings (SSSR count). The van der Waals surface area contributed by atoms with Crippen LogP contribution in [-0.2, 0) is 15.9 Å². The topological polar surface area (TPSA) is 57.9 Å². The van der Waals surface area contributed by atoms with Gasteiger partial charge in [-0.3, -0.25) is 0 Å². The minimum Gasteiger partial charge on any atom is -0.437 e. The van der Waals surface area contributed by atoms with E-state index < -0.39 is 11.6 Å². The molecule has 94 valence electrons. The zero-order valence-corrected chi connectivity index (χ0v) is 10.1. The van der Waals surface area contributed by atoms with Crippen LogP contribution in [0.1, 0.15) is 5.56 Å². The average Bonchev–Trinajstić information content (AvgIpc) is 2.80. The van der Waals surface area contributed by atoms with Gasteiger partial charge < -0.3 is 18.6 Å². The Balaban J connectivity index is 2.27. The van der Waals surface area contributed by atoms with Crippen LogP contribution >= 0.6 is 0 Å². The first kappa shape index (κ1) is 11.3. The Bertz CT molecular complexity index is 654. The third-order valence-electron chi connectivity index (χ3n) is 3.13. The number of fused-ring (bicyclic) bond motifs is 3. The molecule has 18 heavy (non-hydrogen) atoms. The van der Waals surface area contributed by atoms with Crippen LogP contribution in [-0.4, -0.2) is 20.2 Å². The highest BCUT2D eigenvalue weighted by molar-refractivity contribution is 5.84. The van der Waals surface area contributed by atoms with Crippen molar-refractivity contribution in [3.05, 3.63) is 40.2 Å². The van der Waals surface area contributed by atoms with Crippen molar-refractivity contribution in [1.82, 2.24) is 0 Å². The first-order valence-corrected chi connectivity index (χ1v) is 5.53. The van der Waals surface area contributed by atoms with E-state index in [0.717, 1.165) is 5.39 Å². The summed E-state index contributed by atoms with van der Waals surface area (Å²) in [5, 5.41) is 0.739. The summed E-state index contributed by atoms with van der Waals surface area (Å²) in [6, 6.07) is 7.20. The molecule has 5 heteroatoms. The van der Waals surface area contributed by atoms with E-state index in [-0.39, 0.29) is 6.42 Å². The lowest BCUT2D eigenvalue weighted by Gasteiger charge is -2.24. The summed E-state index contributed by atoms with van der Waals surface area (Å²) in [5.74, 6) is -0.758. The highest BCUT2D eigenvalue weighted by atomic mass is 16.9. The molecule has 0 aliphatic carbocycles. The number of para-hydroxylation sites is 1. The van der Waals surface area contributed by atoms with Gasteiger partial charge in [0.15, 0.2) is 0 Å². The molecular weight excluding hydrogens is 236 g/mol. The second kappa shape index (κ2) is 3.83. The number of ether oxygens (including phenoxy) is 3. The van der Waals surface area contributed by atoms with E-state index in [1.54, 1.807) is 12.1 Å². The fourth-order valence-corrected chi connectivity index (χ4v) is 2.15. The Morgan fingerprint density at radius 2 is 1.94 bits per heavy atom. The van der Waals surface area contributed by atoms with Gasteiger partial charge in [-0.2, -0.15) is 0 Å². The van der Waals surface area contributed by atoms with Gasteiger partial charge in [0.05, 0.1) is 17.4 Å². The van der Waals surface area contributed by atoms with Crippen LogP contribution in [0.15, 0.2) is 33.5 Å². The van der Waals surface area contributed by atoms with Gasteiger partial charge in [-0.05, 0) is 12.1 Å². The molecule has 1 aliphatic rings. The van der Waals surface area contributed by atoms with E-state index >= 15 is 0 Å². The van der Waals surface area contributed by atoms with Gasteiger partial charge in [0, 0.05) is 14.2 Å². The molecule has 0 unspecified atom stereocenters. The number of hydrogen-bond donors (Lipinski definition) is 0. The molecule has 1 aliphatic heterocycles. The van der Waals surface area contributed by atoms with Gasteiger partial charge in [-0.25, -0.2) is 4.79 Å². The smallest absolute Gasteiger partial charge is 0.343 e. The molecule has 1 aromatic carbocycles. The first-order chi connectivity index (χ1) is 8.69. The van der Waals surface area contributed by atoms with Crippen LogP contribution in [0.5, 0.6) is 5.75 Å². The molecule has 2 aromatic rings. The van der Waals surface area contributed by atoms with Crippen molar-refractivity contribution in [3.63, 3.8) is 0 Å². The lowest BCUT2D eigenvalue weighted by molar-refractivity contribution is -0.310. The minimum atomic E-state index is -1.23. The second-order valence-electron chi connectivity index (χ2n) is 4.06. The quantitative estimate of drug-likeness (QED) is 0.597. The van der Waals surface area contributed by atoms with Crippen molar-refractivity contribution in [1.29, 1.82) is 0 Å². The maximum Gasteiger partial charge on any atom is 0.343 e. The van der Waals surface area contributed by atoms with E-state index in [9.17, 15) is 4.79 Å². The minimum absolute atomic E-state index is 0.211. The largest absolute Gasteiger partial charge is 0.437 e. The summed E-state index contributed by atoms with van der Waals surface area (Å²) in [6.45, 7) is 0. The van der Waals surface area contributed by atoms with Crippen molar-refractivity contribution in [2.45, 2.75) is 12.4 Å². The van der Waals surface area contributed by atoms with Gasteiger partial charge in [0.2, 0.25) is 0 Å². The van der Waals surface area contributed by atoms with Crippen LogP contribution < -0.4 is 10.4 Å². The van der Waals surface area contributed by atoms with E-state index in [2.05, 4.69) is 0 Å². The van der Waals surface area contributed by atoms with Crippen LogP contribution in [0.3, 0.4) is 0 Å². The summed E-state index contributed by atoms with van der Waals surface area (Å²) >= 11 is 0. The number of rotatable bonds is 2. The van der Waals surface area contributed by atoms with Gasteiger partial charge in [-0.15, -0.1) is 0 Å². The van der Waals surface area contributed by atoms with E-state index in [1.165, 1.54) is 14.2 Å². The summed E-state index contributed by atoms with van der Waals surface area (Å²) in [5.41, 5.74) is 0.515. The van der Waals surface area contributed by atoms with Crippen LogP contribution in [0.4, 0.5) is 0 Å². The highest BCUT2D eigenvalue weighted by Gasteiger charge is 2.43. The van der Waals surface area contributed by atoms with Crippen LogP contribution in [0, 0.1) is 0 Å². The molecule has 0 saturated heterocycles. The molecule has 0 N–H and O–H groups in total. The van der Waals surface area contributed by atoms with Crippen LogP contribution in [0.2, 0.25) is 0 Å². The fourth-order valence-electron chi connectivity index (χ4n) is 2.15. The first-order valence-electron chi connectivity index (χ1n) is 5.53. The monoisotopic (exact) mass is 248 g/mol. The standard InChI is InChI=1S/C13H12O5/c1-15-13(16-2)7-9-11(18-13)8-5-3-4-6-10(8)17-12(9)14/h3-6H,7H2,1-2H3. The van der Waals surface area contributed by atoms with Gasteiger partial charge >= 0.3 is 11.6 Å². The van der Waals surface area contributed by atoms with Gasteiger partial charge in [-0.1, -0.05) is 12.1 Å². The molecular formula is C13H12O5. The van der Waals surface area contributed by atoms with Crippen molar-refractivity contribution in [2.75, 3.05) is 14.2 Å². The maximum atomic E-state index is 11.9. The number of methoxy groups -OCH3 is 2. The Hall–Kier alpha value is -1.85. The molecule has 0 bridgehead atoms. The number of benzene rings is 1. The molecule has 1 aromatic heterocycles. The van der Waals surface area contributed by atoms with Crippen LogP contribution in [0.25, 0.3) is 11.0 Å². The van der Waals surface area contributed by atoms with E-state index in [4.69, 9.17) is 18.6 Å². The Morgan fingerprint density at radius 3 is 2.67 bits per heavy atom. The Kier molecular flexibility index (Phi) is 2.39. The summed E-state index contributed by atoms with van der Waals surface area (Å²) < 4.78 is 21.3. The predicted molar refractivity (Wildman–Crippen MR) is 63.6 cm³/mol. The molecule has 0 radical (unpaired) electrons. The highest BCUT2D eigenvalue weighted by Crippen LogP contribution is 2.39. The molecule has 0 atom stereocenters. The predicted octanol–water partition coefficient (Wildman–Crippen LogP) is 1.67. The molecule has 0 fully saturated rings. The average molecular weight is 248 g/mol. The zero-order chi connectivity index (χ0) is 12.8. The van der Waals surface area contributed by atoms with Crippen molar-refractivity contribution < 1.29 is 18.6 Å². The molecule has 0 amide bonds. The van der Waals surface area contributed by atoms with E-state index in [1.807, 2.05) is 12.1 Å². The van der Waals surface area contributed by atoms with Gasteiger partial charge in [0.1, 0.15) is 11.3 Å². The van der Waals surface area contributed by atoms with Crippen molar-refractivity contribution >= 4 is 11.0 Å². The summed E-state index contributed by atoms with van der Waals surface area (Å²) in [6.07, 6.45) is 0.211. The zero-order valence-electron chi connectivity index (χ0n) is 10.1. The summed E-state index contributed by atoms with van der Waals surface area (Å²) in [7, 11) is 2.94. The van der Waals surface area contributed by atoms with Gasteiger partial charge in [0.25, 0.3) is 0 Å². The Morgan fingerprint density at radius 1 is 1.22 bits per heavy atom. The fraction of sp³-hybridized carbons (Fsp3) is 0.308. The van der Waals surface area contributed by atoms with E-state index in [0.29, 0.717) is 16.9 Å². The lowest BCUT2D eigenvalue weighted by atomic mass is 10.1. The number of hydrogen-bond acceptors (Lipinski definition) is 5. The van der Waals surface area contributed by atoms with Crippen molar-refractivity contribution in [3.8, 4) is 5.75 Å². The van der Waals surface area contributed by atoms with Crippen molar-refractivity contribution in [2.24, 2.45) is 0 Å². The molecule has 2 heterocycles. The Labute approximate surface area is 103 Å². The molecule has 5 nitrogen and oxygen atoms in total. The molecule has 0 spiro atoms. The maximum absolute atomic E-state index is 11.9. The SMILES string of the molecule is COC1(OC)Cc2c(c3ccccc3oc2=O)O1. The normalized spacial score (nSPS) is 16.6. The lowest BCUT2D eigenvalue weighted by Crippen LogP contribution is -2.38. The summed E-state index contributed by atoms with van der Waals surface area (Å²) in [4.78, 5) is 11.9. The molecule has 0 saturated carbocycles. The third-order valence-corrected chi connectivity index (χ3v) is 3.13. The third kappa shape index (κ3) is 1.45.